The first-order valence-corrected chi connectivity index (χ1v) is 10.6. The van der Waals surface area contributed by atoms with Gasteiger partial charge in [-0.3, -0.25) is 15.0 Å². The Balaban J connectivity index is 1.73. The van der Waals surface area contributed by atoms with Crippen LogP contribution in [0.3, 0.4) is 0 Å². The van der Waals surface area contributed by atoms with E-state index in [-0.39, 0.29) is 38.4 Å². The van der Waals surface area contributed by atoms with Gasteiger partial charge in [0.05, 0.1) is 20.4 Å². The van der Waals surface area contributed by atoms with E-state index in [0.717, 1.165) is 16.4 Å². The average molecular weight is 464 g/mol. The Labute approximate surface area is 175 Å². The predicted octanol–water partition coefficient (Wildman–Crippen LogP) is 3.77. The minimum atomic E-state index is -4.77. The van der Waals surface area contributed by atoms with Gasteiger partial charge < -0.3 is 0 Å². The van der Waals surface area contributed by atoms with Crippen LogP contribution in [-0.4, -0.2) is 48.7 Å². The van der Waals surface area contributed by atoms with Crippen LogP contribution in [0.1, 0.15) is 11.1 Å². The Morgan fingerprint density at radius 3 is 2.30 bits per heavy atom. The van der Waals surface area contributed by atoms with Crippen LogP contribution in [0.4, 0.5) is 18.9 Å². The van der Waals surface area contributed by atoms with Gasteiger partial charge in [-0.2, -0.15) is 17.5 Å². The number of nitrogens with zero attached hydrogens (tertiary/aromatic N) is 3. The average Bonchev–Trinajstić information content (AvgIpc) is 2.68. The summed E-state index contributed by atoms with van der Waals surface area (Å²) in [6.45, 7) is 0.931. The molecule has 1 aliphatic rings. The first-order valence-electron chi connectivity index (χ1n) is 8.81. The third-order valence-electron chi connectivity index (χ3n) is 4.79. The molecule has 7 nitrogen and oxygen atoms in total. The third kappa shape index (κ3) is 4.75. The molecule has 1 saturated heterocycles. The fourth-order valence-electron chi connectivity index (χ4n) is 3.22. The largest absolute Gasteiger partial charge is 0.417 e. The highest BCUT2D eigenvalue weighted by Gasteiger charge is 2.36. The number of para-hydroxylation sites is 1. The molecular weight excluding hydrogens is 447 g/mol. The molecule has 0 N–H and O–H groups in total. The second-order valence-electron chi connectivity index (χ2n) is 6.71. The van der Waals surface area contributed by atoms with Gasteiger partial charge in [-0.05, 0) is 18.2 Å². The van der Waals surface area contributed by atoms with Crippen LogP contribution in [0, 0.1) is 10.1 Å². The van der Waals surface area contributed by atoms with Gasteiger partial charge in [0.25, 0.3) is 5.69 Å². The number of rotatable bonds is 5. The molecule has 0 amide bonds. The number of hydrogen-bond acceptors (Lipinski definition) is 5. The second kappa shape index (κ2) is 8.50. The SMILES string of the molecule is O=[N+]([O-])c1ccccc1CN1CCN(S(=O)(=O)c2ccc(Cl)c(C(F)(F)F)c2)CC1. The Bertz CT molecular complexity index is 1050. The minimum absolute atomic E-state index is 0.0200. The number of nitro benzene ring substituents is 1. The van der Waals surface area contributed by atoms with Crippen LogP contribution >= 0.6 is 11.6 Å². The van der Waals surface area contributed by atoms with E-state index < -0.39 is 36.6 Å². The van der Waals surface area contributed by atoms with Crippen molar-refractivity contribution in [3.8, 4) is 0 Å². The van der Waals surface area contributed by atoms with Crippen molar-refractivity contribution >= 4 is 27.3 Å². The molecule has 30 heavy (non-hydrogen) atoms. The normalized spacial score (nSPS) is 16.5. The van der Waals surface area contributed by atoms with Crippen molar-refractivity contribution in [2.45, 2.75) is 17.6 Å². The van der Waals surface area contributed by atoms with E-state index >= 15 is 0 Å². The molecule has 12 heteroatoms. The van der Waals surface area contributed by atoms with Gasteiger partial charge in [0.2, 0.25) is 10.0 Å². The van der Waals surface area contributed by atoms with E-state index in [2.05, 4.69) is 0 Å². The summed E-state index contributed by atoms with van der Waals surface area (Å²) in [6.07, 6.45) is -4.77. The van der Waals surface area contributed by atoms with Crippen molar-refractivity contribution in [1.29, 1.82) is 0 Å². The van der Waals surface area contributed by atoms with Crippen LogP contribution in [0.2, 0.25) is 5.02 Å². The van der Waals surface area contributed by atoms with E-state index in [1.165, 1.54) is 6.07 Å². The van der Waals surface area contributed by atoms with Crippen molar-refractivity contribution in [1.82, 2.24) is 9.21 Å². The molecule has 0 aliphatic carbocycles. The molecule has 3 rings (SSSR count). The lowest BCUT2D eigenvalue weighted by atomic mass is 10.1. The Kier molecular flexibility index (Phi) is 6.37. The summed E-state index contributed by atoms with van der Waals surface area (Å²) in [5.41, 5.74) is -0.722. The van der Waals surface area contributed by atoms with E-state index in [1.807, 2.05) is 4.90 Å². The fourth-order valence-corrected chi connectivity index (χ4v) is 4.90. The van der Waals surface area contributed by atoms with Crippen LogP contribution in [0.25, 0.3) is 0 Å². The second-order valence-corrected chi connectivity index (χ2v) is 9.05. The molecule has 0 unspecified atom stereocenters. The highest BCUT2D eigenvalue weighted by Crippen LogP contribution is 2.36. The zero-order valence-electron chi connectivity index (χ0n) is 15.5. The van der Waals surface area contributed by atoms with Gasteiger partial charge in [-0.1, -0.05) is 29.8 Å². The molecule has 0 spiro atoms. The number of sulfonamides is 1. The van der Waals surface area contributed by atoms with Gasteiger partial charge in [0, 0.05) is 44.4 Å². The van der Waals surface area contributed by atoms with Gasteiger partial charge in [0.15, 0.2) is 0 Å². The molecule has 2 aromatic rings. The molecule has 1 aliphatic heterocycles. The quantitative estimate of drug-likeness (QED) is 0.498. The maximum atomic E-state index is 13.1. The van der Waals surface area contributed by atoms with Crippen molar-refractivity contribution in [3.63, 3.8) is 0 Å². The lowest BCUT2D eigenvalue weighted by Crippen LogP contribution is -2.48. The zero-order chi connectivity index (χ0) is 22.1. The molecule has 0 bridgehead atoms. The van der Waals surface area contributed by atoms with Gasteiger partial charge in [0.1, 0.15) is 0 Å². The van der Waals surface area contributed by atoms with Crippen LogP contribution in [0.5, 0.6) is 0 Å². The summed E-state index contributed by atoms with van der Waals surface area (Å²) in [6, 6.07) is 8.78. The molecule has 0 aromatic heterocycles. The highest BCUT2D eigenvalue weighted by atomic mass is 35.5. The summed E-state index contributed by atoms with van der Waals surface area (Å²) in [5, 5.41) is 10.6. The Hall–Kier alpha value is -2.21. The molecule has 0 radical (unpaired) electrons. The van der Waals surface area contributed by atoms with Crippen molar-refractivity contribution in [2.75, 3.05) is 26.2 Å². The maximum Gasteiger partial charge on any atom is 0.417 e. The molecule has 0 atom stereocenters. The predicted molar refractivity (Wildman–Crippen MR) is 104 cm³/mol. The standard InChI is InChI=1S/C18H17ClF3N3O4S/c19-16-6-5-14(11-15(16)18(20,21)22)30(28,29)24-9-7-23(8-10-24)12-13-3-1-2-4-17(13)25(26)27/h1-6,11H,7-10,12H2. The number of benzene rings is 2. The molecular formula is C18H17ClF3N3O4S. The van der Waals surface area contributed by atoms with E-state index in [0.29, 0.717) is 11.6 Å². The van der Waals surface area contributed by atoms with Crippen LogP contribution in [-0.2, 0) is 22.7 Å². The summed E-state index contributed by atoms with van der Waals surface area (Å²) in [7, 11) is -4.14. The number of halogens is 4. The fraction of sp³-hybridized carbons (Fsp3) is 0.333. The van der Waals surface area contributed by atoms with Crippen molar-refractivity contribution in [2.24, 2.45) is 0 Å². The minimum Gasteiger partial charge on any atom is -0.296 e. The Morgan fingerprint density at radius 1 is 1.07 bits per heavy atom. The number of nitro groups is 1. The third-order valence-corrected chi connectivity index (χ3v) is 7.02. The van der Waals surface area contributed by atoms with E-state index in [9.17, 15) is 31.7 Å². The molecule has 2 aromatic carbocycles. The van der Waals surface area contributed by atoms with Crippen molar-refractivity contribution in [3.05, 3.63) is 68.7 Å². The molecule has 1 fully saturated rings. The Morgan fingerprint density at radius 2 is 1.70 bits per heavy atom. The number of piperazine rings is 1. The summed E-state index contributed by atoms with van der Waals surface area (Å²) >= 11 is 5.56. The van der Waals surface area contributed by atoms with E-state index in [4.69, 9.17) is 11.6 Å². The van der Waals surface area contributed by atoms with Gasteiger partial charge in [-0.25, -0.2) is 8.42 Å². The monoisotopic (exact) mass is 463 g/mol. The lowest BCUT2D eigenvalue weighted by molar-refractivity contribution is -0.385. The lowest BCUT2D eigenvalue weighted by Gasteiger charge is -2.34. The highest BCUT2D eigenvalue weighted by molar-refractivity contribution is 7.89. The number of hydrogen-bond donors (Lipinski definition) is 0. The first-order chi connectivity index (χ1) is 14.0. The maximum absolute atomic E-state index is 13.1. The zero-order valence-corrected chi connectivity index (χ0v) is 17.0. The molecule has 0 saturated carbocycles. The van der Waals surface area contributed by atoms with Crippen LogP contribution < -0.4 is 0 Å². The van der Waals surface area contributed by atoms with Gasteiger partial charge in [-0.15, -0.1) is 0 Å². The summed E-state index contributed by atoms with van der Waals surface area (Å²) in [4.78, 5) is 12.0. The summed E-state index contributed by atoms with van der Waals surface area (Å²) in [5.74, 6) is 0. The van der Waals surface area contributed by atoms with Gasteiger partial charge >= 0.3 is 6.18 Å². The smallest absolute Gasteiger partial charge is 0.296 e. The van der Waals surface area contributed by atoms with Crippen molar-refractivity contribution < 1.29 is 26.5 Å². The first kappa shape index (κ1) is 22.5. The molecule has 1 heterocycles. The number of alkyl halides is 3. The van der Waals surface area contributed by atoms with E-state index in [1.54, 1.807) is 18.2 Å². The summed E-state index contributed by atoms with van der Waals surface area (Å²) < 4.78 is 65.9. The van der Waals surface area contributed by atoms with Crippen LogP contribution in [0.15, 0.2) is 47.4 Å². The topological polar surface area (TPSA) is 83.8 Å². The molecule has 162 valence electrons.